The minimum Gasteiger partial charge on any atom is -0.337 e. The molecule has 0 radical (unpaired) electrons. The fourth-order valence-corrected chi connectivity index (χ4v) is 4.81. The van der Waals surface area contributed by atoms with Gasteiger partial charge in [-0.05, 0) is 24.8 Å². The van der Waals surface area contributed by atoms with Crippen molar-refractivity contribution in [3.8, 4) is 0 Å². The summed E-state index contributed by atoms with van der Waals surface area (Å²) in [4.78, 5) is 26.3. The minimum absolute atomic E-state index is 0.0106. The SMILES string of the molecule is CN(C)S(=O)(=O)N1CC2CCC(C1)N(C(=O)Cn1ccccc1=O)C2. The zero-order chi connectivity index (χ0) is 18.2. The van der Waals surface area contributed by atoms with Gasteiger partial charge in [0.25, 0.3) is 15.8 Å². The summed E-state index contributed by atoms with van der Waals surface area (Å²) in [6, 6.07) is 4.64. The average molecular weight is 368 g/mol. The summed E-state index contributed by atoms with van der Waals surface area (Å²) in [5.74, 6) is -0.00276. The van der Waals surface area contributed by atoms with Gasteiger partial charge < -0.3 is 9.47 Å². The van der Waals surface area contributed by atoms with Gasteiger partial charge in [-0.3, -0.25) is 9.59 Å². The van der Waals surface area contributed by atoms with Crippen molar-refractivity contribution in [1.29, 1.82) is 0 Å². The van der Waals surface area contributed by atoms with Crippen LogP contribution in [0.5, 0.6) is 0 Å². The Morgan fingerprint density at radius 3 is 2.64 bits per heavy atom. The fraction of sp³-hybridized carbons (Fsp3) is 0.625. The van der Waals surface area contributed by atoms with E-state index in [2.05, 4.69) is 0 Å². The fourth-order valence-electron chi connectivity index (χ4n) is 3.59. The summed E-state index contributed by atoms with van der Waals surface area (Å²) in [6.07, 6.45) is 3.30. The third kappa shape index (κ3) is 3.63. The third-order valence-corrected chi connectivity index (χ3v) is 6.87. The zero-order valence-corrected chi connectivity index (χ0v) is 15.4. The van der Waals surface area contributed by atoms with Crippen LogP contribution in [0.1, 0.15) is 12.8 Å². The van der Waals surface area contributed by atoms with E-state index in [0.29, 0.717) is 19.6 Å². The number of carbonyl (C=O) groups excluding carboxylic acids is 1. The maximum atomic E-state index is 12.7. The van der Waals surface area contributed by atoms with Crippen molar-refractivity contribution in [3.05, 3.63) is 34.7 Å². The summed E-state index contributed by atoms with van der Waals surface area (Å²) in [5, 5.41) is 0. The Balaban J connectivity index is 1.78. The lowest BCUT2D eigenvalue weighted by molar-refractivity contribution is -0.135. The van der Waals surface area contributed by atoms with Crippen LogP contribution in [0.4, 0.5) is 0 Å². The highest BCUT2D eigenvalue weighted by Gasteiger charge is 2.41. The van der Waals surface area contributed by atoms with Gasteiger partial charge in [0, 0.05) is 52.0 Å². The largest absolute Gasteiger partial charge is 0.337 e. The highest BCUT2D eigenvalue weighted by atomic mass is 32.2. The molecule has 2 atom stereocenters. The van der Waals surface area contributed by atoms with Gasteiger partial charge in [0.05, 0.1) is 0 Å². The van der Waals surface area contributed by atoms with E-state index in [9.17, 15) is 18.0 Å². The molecule has 1 amide bonds. The molecule has 138 valence electrons. The first-order valence-electron chi connectivity index (χ1n) is 8.41. The molecule has 3 aliphatic rings. The van der Waals surface area contributed by atoms with Crippen molar-refractivity contribution >= 4 is 16.1 Å². The van der Waals surface area contributed by atoms with Crippen molar-refractivity contribution in [2.45, 2.75) is 25.4 Å². The van der Waals surface area contributed by atoms with E-state index in [1.165, 1.54) is 33.3 Å². The first-order chi connectivity index (χ1) is 11.8. The van der Waals surface area contributed by atoms with Crippen molar-refractivity contribution in [2.24, 2.45) is 5.92 Å². The number of fused-ring (bicyclic) bond motifs is 4. The zero-order valence-electron chi connectivity index (χ0n) is 14.5. The molecule has 2 bridgehead atoms. The first kappa shape index (κ1) is 18.1. The van der Waals surface area contributed by atoms with Crippen LogP contribution in [0.3, 0.4) is 0 Å². The average Bonchev–Trinajstić information content (AvgIpc) is 2.89. The maximum Gasteiger partial charge on any atom is 0.281 e. The van der Waals surface area contributed by atoms with Gasteiger partial charge in [0.15, 0.2) is 0 Å². The normalized spacial score (nSPS) is 24.5. The lowest BCUT2D eigenvalue weighted by Crippen LogP contribution is -2.50. The van der Waals surface area contributed by atoms with E-state index >= 15 is 0 Å². The molecule has 1 aromatic heterocycles. The molecule has 0 saturated carbocycles. The monoisotopic (exact) mass is 368 g/mol. The highest BCUT2D eigenvalue weighted by molar-refractivity contribution is 7.86. The highest BCUT2D eigenvalue weighted by Crippen LogP contribution is 2.29. The first-order valence-corrected chi connectivity index (χ1v) is 9.81. The van der Waals surface area contributed by atoms with E-state index in [-0.39, 0.29) is 30.0 Å². The standard InChI is InChI=1S/C16H24N4O4S/c1-17(2)25(23,24)19-9-13-6-7-14(11-19)20(10-13)16(22)12-18-8-4-3-5-15(18)21/h3-5,8,13-14H,6-7,9-12H2,1-2H3. The molecule has 8 nitrogen and oxygen atoms in total. The van der Waals surface area contributed by atoms with Crippen LogP contribution in [-0.2, 0) is 21.5 Å². The Hall–Kier alpha value is -1.71. The molecular formula is C16H24N4O4S. The minimum atomic E-state index is -3.49. The number of carbonyl (C=O) groups is 1. The molecule has 3 fully saturated rings. The van der Waals surface area contributed by atoms with Gasteiger partial charge >= 0.3 is 0 Å². The van der Waals surface area contributed by atoms with Gasteiger partial charge in [0.1, 0.15) is 6.54 Å². The number of hydrogen-bond donors (Lipinski definition) is 0. The van der Waals surface area contributed by atoms with Gasteiger partial charge in [0.2, 0.25) is 5.91 Å². The molecule has 25 heavy (non-hydrogen) atoms. The van der Waals surface area contributed by atoms with Gasteiger partial charge in [-0.2, -0.15) is 17.0 Å². The number of pyridine rings is 1. The quantitative estimate of drug-likeness (QED) is 0.723. The predicted octanol–water partition coefficient (Wildman–Crippen LogP) is -0.422. The van der Waals surface area contributed by atoms with E-state index in [1.807, 2.05) is 0 Å². The topological polar surface area (TPSA) is 82.9 Å². The molecule has 3 saturated heterocycles. The Kier molecular flexibility index (Phi) is 4.99. The maximum absolute atomic E-state index is 12.7. The Morgan fingerprint density at radius 1 is 1.20 bits per heavy atom. The molecule has 4 rings (SSSR count). The van der Waals surface area contributed by atoms with Crippen molar-refractivity contribution in [3.63, 3.8) is 0 Å². The number of rotatable bonds is 4. The summed E-state index contributed by atoms with van der Waals surface area (Å²) in [7, 11) is -0.449. The third-order valence-electron chi connectivity index (χ3n) is 4.99. The van der Waals surface area contributed by atoms with Crippen LogP contribution >= 0.6 is 0 Å². The molecule has 4 heterocycles. The van der Waals surface area contributed by atoms with E-state index in [1.54, 1.807) is 23.2 Å². The smallest absolute Gasteiger partial charge is 0.281 e. The van der Waals surface area contributed by atoms with Crippen LogP contribution in [0.25, 0.3) is 0 Å². The molecule has 3 aliphatic heterocycles. The van der Waals surface area contributed by atoms with Crippen molar-refractivity contribution < 1.29 is 13.2 Å². The summed E-state index contributed by atoms with van der Waals surface area (Å²) < 4.78 is 29.0. The molecule has 9 heteroatoms. The summed E-state index contributed by atoms with van der Waals surface area (Å²) in [5.41, 5.74) is -0.215. The second-order valence-corrected chi connectivity index (χ2v) is 9.06. The van der Waals surface area contributed by atoms with E-state index in [4.69, 9.17) is 0 Å². The molecule has 1 aromatic rings. The molecule has 0 aromatic carbocycles. The van der Waals surface area contributed by atoms with E-state index < -0.39 is 10.2 Å². The molecule has 0 spiro atoms. The molecule has 0 N–H and O–H groups in total. The Morgan fingerprint density at radius 2 is 1.96 bits per heavy atom. The second kappa shape index (κ2) is 6.89. The van der Waals surface area contributed by atoms with Crippen LogP contribution in [-0.4, -0.2) is 72.2 Å². The number of nitrogens with zero attached hydrogens (tertiary/aromatic N) is 4. The second-order valence-electron chi connectivity index (χ2n) is 6.92. The molecular weight excluding hydrogens is 344 g/mol. The number of piperidine rings is 1. The summed E-state index contributed by atoms with van der Waals surface area (Å²) >= 11 is 0. The Labute approximate surface area is 147 Å². The summed E-state index contributed by atoms with van der Waals surface area (Å²) in [6.45, 7) is 1.28. The van der Waals surface area contributed by atoms with Crippen LogP contribution in [0, 0.1) is 5.92 Å². The molecule has 2 unspecified atom stereocenters. The number of hydrogen-bond acceptors (Lipinski definition) is 4. The van der Waals surface area contributed by atoms with Crippen molar-refractivity contribution in [2.75, 3.05) is 33.7 Å². The number of amides is 1. The van der Waals surface area contributed by atoms with Gasteiger partial charge in [-0.25, -0.2) is 0 Å². The number of aromatic nitrogens is 1. The predicted molar refractivity (Wildman–Crippen MR) is 93.1 cm³/mol. The Bertz CT molecular complexity index is 804. The lowest BCUT2D eigenvalue weighted by Gasteiger charge is -2.36. The lowest BCUT2D eigenvalue weighted by atomic mass is 9.95. The van der Waals surface area contributed by atoms with Crippen LogP contribution in [0.15, 0.2) is 29.2 Å². The molecule has 0 aliphatic carbocycles. The van der Waals surface area contributed by atoms with Crippen LogP contribution < -0.4 is 5.56 Å². The van der Waals surface area contributed by atoms with Crippen LogP contribution in [0.2, 0.25) is 0 Å². The van der Waals surface area contributed by atoms with Crippen molar-refractivity contribution in [1.82, 2.24) is 18.1 Å². The van der Waals surface area contributed by atoms with Gasteiger partial charge in [-0.1, -0.05) is 6.07 Å². The van der Waals surface area contributed by atoms with E-state index in [0.717, 1.165) is 12.8 Å². The van der Waals surface area contributed by atoms with Gasteiger partial charge in [-0.15, -0.1) is 0 Å².